The lowest BCUT2D eigenvalue weighted by atomic mass is 9.93. The summed E-state index contributed by atoms with van der Waals surface area (Å²) in [7, 11) is 0. The molecule has 2 saturated heterocycles. The SMILES string of the molecule is O=C(O)[C@@H]1C[C@@H](N2CCNCC2)CN(C(=O)OCc2ccccc2)C1. The molecule has 1 aromatic rings. The highest BCUT2D eigenvalue weighted by Crippen LogP contribution is 2.22. The minimum absolute atomic E-state index is 0.0706. The van der Waals surface area contributed by atoms with Gasteiger partial charge in [-0.05, 0) is 12.0 Å². The van der Waals surface area contributed by atoms with E-state index in [4.69, 9.17) is 4.74 Å². The van der Waals surface area contributed by atoms with Gasteiger partial charge in [0.2, 0.25) is 0 Å². The summed E-state index contributed by atoms with van der Waals surface area (Å²) in [5.74, 6) is -1.39. The molecular weight excluding hydrogens is 322 g/mol. The summed E-state index contributed by atoms with van der Waals surface area (Å²) in [6.07, 6.45) is 0.146. The number of carboxylic acid groups (broad SMARTS) is 1. The third kappa shape index (κ3) is 4.70. The molecule has 25 heavy (non-hydrogen) atoms. The Morgan fingerprint density at radius 3 is 2.56 bits per heavy atom. The highest BCUT2D eigenvalue weighted by Gasteiger charge is 2.37. The first kappa shape index (κ1) is 17.7. The molecule has 2 atom stereocenters. The fourth-order valence-electron chi connectivity index (χ4n) is 3.52. The molecule has 1 aromatic carbocycles. The van der Waals surface area contributed by atoms with Crippen LogP contribution in [0.1, 0.15) is 12.0 Å². The summed E-state index contributed by atoms with van der Waals surface area (Å²) in [5.41, 5.74) is 0.918. The normalized spacial score (nSPS) is 24.7. The molecule has 3 rings (SSSR count). The topological polar surface area (TPSA) is 82.1 Å². The second-order valence-electron chi connectivity index (χ2n) is 6.66. The predicted octanol–water partition coefficient (Wildman–Crippen LogP) is 1.00. The van der Waals surface area contributed by atoms with Crippen LogP contribution in [-0.2, 0) is 16.1 Å². The van der Waals surface area contributed by atoms with E-state index in [1.165, 1.54) is 0 Å². The van der Waals surface area contributed by atoms with Crippen molar-refractivity contribution in [3.8, 4) is 0 Å². The number of carboxylic acids is 1. The predicted molar refractivity (Wildman–Crippen MR) is 92.2 cm³/mol. The van der Waals surface area contributed by atoms with Crippen molar-refractivity contribution in [3.63, 3.8) is 0 Å². The van der Waals surface area contributed by atoms with E-state index in [0.29, 0.717) is 13.0 Å². The van der Waals surface area contributed by atoms with E-state index >= 15 is 0 Å². The van der Waals surface area contributed by atoms with Gasteiger partial charge < -0.3 is 20.1 Å². The monoisotopic (exact) mass is 347 g/mol. The number of carbonyl (C=O) groups is 2. The van der Waals surface area contributed by atoms with Gasteiger partial charge in [-0.3, -0.25) is 9.69 Å². The Hall–Kier alpha value is -2.12. The van der Waals surface area contributed by atoms with E-state index in [0.717, 1.165) is 31.7 Å². The van der Waals surface area contributed by atoms with Gasteiger partial charge in [0.05, 0.1) is 5.92 Å². The van der Waals surface area contributed by atoms with Crippen molar-refractivity contribution in [2.24, 2.45) is 5.92 Å². The Bertz CT molecular complexity index is 589. The number of nitrogens with one attached hydrogen (secondary N) is 1. The molecule has 0 aromatic heterocycles. The lowest BCUT2D eigenvalue weighted by Crippen LogP contribution is -2.57. The second kappa shape index (κ2) is 8.31. The van der Waals surface area contributed by atoms with Gasteiger partial charge in [-0.1, -0.05) is 30.3 Å². The summed E-state index contributed by atoms with van der Waals surface area (Å²) in [5, 5.41) is 12.7. The maximum Gasteiger partial charge on any atom is 0.410 e. The number of piperidine rings is 1. The quantitative estimate of drug-likeness (QED) is 0.846. The molecule has 0 spiro atoms. The maximum absolute atomic E-state index is 12.4. The Balaban J connectivity index is 1.61. The molecule has 1 amide bonds. The van der Waals surface area contributed by atoms with Crippen LogP contribution in [0.5, 0.6) is 0 Å². The number of rotatable bonds is 4. The molecule has 2 N–H and O–H groups in total. The number of likely N-dealkylation sites (tertiary alicyclic amines) is 1. The van der Waals surface area contributed by atoms with Gasteiger partial charge in [-0.15, -0.1) is 0 Å². The van der Waals surface area contributed by atoms with E-state index in [2.05, 4.69) is 10.2 Å². The maximum atomic E-state index is 12.4. The molecule has 2 heterocycles. The Morgan fingerprint density at radius 2 is 1.88 bits per heavy atom. The molecule has 2 aliphatic heterocycles. The molecule has 7 heteroatoms. The Morgan fingerprint density at radius 1 is 1.16 bits per heavy atom. The number of carbonyl (C=O) groups excluding carboxylic acids is 1. The Labute approximate surface area is 147 Å². The lowest BCUT2D eigenvalue weighted by Gasteiger charge is -2.42. The minimum Gasteiger partial charge on any atom is -0.481 e. The number of aliphatic carboxylic acids is 1. The molecule has 0 aliphatic carbocycles. The third-order valence-electron chi connectivity index (χ3n) is 4.91. The number of nitrogens with zero attached hydrogens (tertiary/aromatic N) is 2. The number of amides is 1. The number of hydrogen-bond donors (Lipinski definition) is 2. The van der Waals surface area contributed by atoms with Gasteiger partial charge >= 0.3 is 12.1 Å². The van der Waals surface area contributed by atoms with Gasteiger partial charge in [-0.25, -0.2) is 4.79 Å². The van der Waals surface area contributed by atoms with Crippen LogP contribution >= 0.6 is 0 Å². The van der Waals surface area contributed by atoms with Crippen LogP contribution in [0.3, 0.4) is 0 Å². The van der Waals surface area contributed by atoms with E-state index < -0.39 is 18.0 Å². The van der Waals surface area contributed by atoms with Crippen LogP contribution in [0.25, 0.3) is 0 Å². The lowest BCUT2D eigenvalue weighted by molar-refractivity contribution is -0.144. The zero-order valence-corrected chi connectivity index (χ0v) is 14.3. The average molecular weight is 347 g/mol. The number of hydrogen-bond acceptors (Lipinski definition) is 5. The Kier molecular flexibility index (Phi) is 5.88. The molecule has 0 radical (unpaired) electrons. The second-order valence-corrected chi connectivity index (χ2v) is 6.66. The highest BCUT2D eigenvalue weighted by molar-refractivity contribution is 5.73. The van der Waals surface area contributed by atoms with E-state index in [9.17, 15) is 14.7 Å². The average Bonchev–Trinajstić information content (AvgIpc) is 2.67. The van der Waals surface area contributed by atoms with Crippen molar-refractivity contribution in [1.29, 1.82) is 0 Å². The molecule has 0 saturated carbocycles. The van der Waals surface area contributed by atoms with Crippen molar-refractivity contribution in [1.82, 2.24) is 15.1 Å². The summed E-state index contributed by atoms with van der Waals surface area (Å²) in [6, 6.07) is 9.56. The molecule has 0 bridgehead atoms. The largest absolute Gasteiger partial charge is 0.481 e. The van der Waals surface area contributed by atoms with Crippen LogP contribution in [0.2, 0.25) is 0 Å². The summed E-state index contributed by atoms with van der Waals surface area (Å²) >= 11 is 0. The molecule has 0 unspecified atom stereocenters. The summed E-state index contributed by atoms with van der Waals surface area (Å²) in [4.78, 5) is 27.8. The van der Waals surface area contributed by atoms with Crippen molar-refractivity contribution < 1.29 is 19.4 Å². The van der Waals surface area contributed by atoms with Crippen LogP contribution < -0.4 is 5.32 Å². The van der Waals surface area contributed by atoms with E-state index in [1.54, 1.807) is 4.90 Å². The van der Waals surface area contributed by atoms with Crippen LogP contribution in [-0.4, -0.2) is 72.3 Å². The first-order valence-corrected chi connectivity index (χ1v) is 8.76. The summed E-state index contributed by atoms with van der Waals surface area (Å²) in [6.45, 7) is 4.49. The first-order valence-electron chi connectivity index (χ1n) is 8.76. The molecule has 2 aliphatic rings. The molecule has 2 fully saturated rings. The number of ether oxygens (including phenoxy) is 1. The van der Waals surface area contributed by atoms with Gasteiger partial charge in [0.25, 0.3) is 0 Å². The van der Waals surface area contributed by atoms with Gasteiger partial charge in [0, 0.05) is 45.3 Å². The van der Waals surface area contributed by atoms with Crippen LogP contribution in [0.4, 0.5) is 4.79 Å². The van der Waals surface area contributed by atoms with E-state index in [-0.39, 0.29) is 19.2 Å². The third-order valence-corrected chi connectivity index (χ3v) is 4.91. The number of piperazine rings is 1. The molecule has 136 valence electrons. The van der Waals surface area contributed by atoms with Gasteiger partial charge in [0.15, 0.2) is 0 Å². The fourth-order valence-corrected chi connectivity index (χ4v) is 3.52. The highest BCUT2D eigenvalue weighted by atomic mass is 16.6. The zero-order chi connectivity index (χ0) is 17.6. The molecular formula is C18H25N3O4. The minimum atomic E-state index is -0.847. The fraction of sp³-hybridized carbons (Fsp3) is 0.556. The van der Waals surface area contributed by atoms with Gasteiger partial charge in [0.1, 0.15) is 6.61 Å². The van der Waals surface area contributed by atoms with Crippen LogP contribution in [0, 0.1) is 5.92 Å². The summed E-state index contributed by atoms with van der Waals surface area (Å²) < 4.78 is 5.39. The van der Waals surface area contributed by atoms with E-state index in [1.807, 2.05) is 30.3 Å². The van der Waals surface area contributed by atoms with Crippen molar-refractivity contribution in [3.05, 3.63) is 35.9 Å². The smallest absolute Gasteiger partial charge is 0.410 e. The number of benzene rings is 1. The van der Waals surface area contributed by atoms with Crippen molar-refractivity contribution in [2.75, 3.05) is 39.3 Å². The first-order chi connectivity index (χ1) is 12.1. The van der Waals surface area contributed by atoms with Crippen molar-refractivity contribution >= 4 is 12.1 Å². The zero-order valence-electron chi connectivity index (χ0n) is 14.3. The standard InChI is InChI=1S/C18H25N3O4/c22-17(23)15-10-16(20-8-6-19-7-9-20)12-21(11-15)18(24)25-13-14-4-2-1-3-5-14/h1-5,15-16,19H,6-13H2,(H,22,23)/t15-,16-/m1/s1. The van der Waals surface area contributed by atoms with Crippen molar-refractivity contribution in [2.45, 2.75) is 19.1 Å². The van der Waals surface area contributed by atoms with Crippen LogP contribution in [0.15, 0.2) is 30.3 Å². The molecule has 7 nitrogen and oxygen atoms in total. The van der Waals surface area contributed by atoms with Gasteiger partial charge in [-0.2, -0.15) is 0 Å².